The molecule has 7 heavy (non-hydrogen) atoms. The van der Waals surface area contributed by atoms with E-state index in [1.807, 2.05) is 0 Å². The molecule has 0 rings (SSSR count). The standard InChI is InChI=1S/C4H5O.2Na.2H/c1-3-4(2)5;;;;/h3H,1-2H2;;;;. The summed E-state index contributed by atoms with van der Waals surface area (Å²) >= 11 is 0. The van der Waals surface area contributed by atoms with E-state index in [0.717, 1.165) is 0 Å². The third-order valence-electron chi connectivity index (χ3n) is 0.228. The molecule has 0 fully saturated rings. The summed E-state index contributed by atoms with van der Waals surface area (Å²) in [5.74, 6) is -0.231. The molecule has 0 amide bonds. The summed E-state index contributed by atoms with van der Waals surface area (Å²) in [4.78, 5) is 9.58. The molecular weight excluding hydrogens is 110 g/mol. The van der Waals surface area contributed by atoms with Gasteiger partial charge in [-0.25, -0.2) is 0 Å². The number of ketones is 1. The Hall–Kier alpha value is 1.41. The number of allylic oxidation sites excluding steroid dienone is 1. The Kier molecular flexibility index (Phi) is 23.4. The SMILES string of the molecule is [CH2]C(=O)C=C.[NaH].[NaH]. The molecule has 0 bridgehead atoms. The van der Waals surface area contributed by atoms with Crippen LogP contribution in [-0.2, 0) is 4.79 Å². The third-order valence-corrected chi connectivity index (χ3v) is 0.228. The summed E-state index contributed by atoms with van der Waals surface area (Å²) in [7, 11) is 0. The van der Waals surface area contributed by atoms with Gasteiger partial charge in [0, 0.05) is 6.92 Å². The van der Waals surface area contributed by atoms with Crippen molar-refractivity contribution in [1.82, 2.24) is 0 Å². The Morgan fingerprint density at radius 1 is 1.43 bits per heavy atom. The molecule has 0 heterocycles. The molecule has 0 unspecified atom stereocenters. The molecule has 1 radical (unpaired) electrons. The van der Waals surface area contributed by atoms with Crippen molar-refractivity contribution >= 4 is 64.9 Å². The van der Waals surface area contributed by atoms with Gasteiger partial charge in [0.25, 0.3) is 0 Å². The Morgan fingerprint density at radius 2 is 1.57 bits per heavy atom. The van der Waals surface area contributed by atoms with Crippen LogP contribution < -0.4 is 0 Å². The Labute approximate surface area is 88.1 Å². The van der Waals surface area contributed by atoms with Crippen LogP contribution in [0.5, 0.6) is 0 Å². The quantitative estimate of drug-likeness (QED) is 0.327. The van der Waals surface area contributed by atoms with Crippen LogP contribution in [0.15, 0.2) is 12.7 Å². The Balaban J connectivity index is -0.0000000800. The van der Waals surface area contributed by atoms with Gasteiger partial charge < -0.3 is 0 Å². The molecular formula is C4H7Na2O. The van der Waals surface area contributed by atoms with Gasteiger partial charge in [0.2, 0.25) is 0 Å². The molecule has 0 N–H and O–H groups in total. The number of hydrogen-bond donors (Lipinski definition) is 0. The maximum absolute atomic E-state index is 9.58. The van der Waals surface area contributed by atoms with Crippen LogP contribution in [0.4, 0.5) is 0 Å². The summed E-state index contributed by atoms with van der Waals surface area (Å²) in [5, 5.41) is 0. The molecule has 0 aliphatic carbocycles. The molecule has 3 heteroatoms. The van der Waals surface area contributed by atoms with Crippen molar-refractivity contribution in [3.63, 3.8) is 0 Å². The molecule has 0 aromatic carbocycles. The van der Waals surface area contributed by atoms with E-state index in [9.17, 15) is 4.79 Å². The van der Waals surface area contributed by atoms with Crippen LogP contribution in [-0.4, -0.2) is 64.9 Å². The van der Waals surface area contributed by atoms with Crippen LogP contribution >= 0.6 is 0 Å². The second kappa shape index (κ2) is 10.4. The number of hydrogen-bond acceptors (Lipinski definition) is 1. The molecule has 0 aliphatic rings. The molecule has 0 aromatic heterocycles. The molecule has 0 spiro atoms. The van der Waals surface area contributed by atoms with Gasteiger partial charge in [0.1, 0.15) is 0 Å². The average Bonchev–Trinajstić information content (AvgIpc) is 1.38. The van der Waals surface area contributed by atoms with Crippen LogP contribution in [0.3, 0.4) is 0 Å². The van der Waals surface area contributed by atoms with E-state index >= 15 is 0 Å². The van der Waals surface area contributed by atoms with Crippen LogP contribution in [0.1, 0.15) is 0 Å². The number of carbonyl (C=O) groups is 1. The number of rotatable bonds is 1. The molecule has 0 aliphatic heterocycles. The molecule has 31 valence electrons. The zero-order valence-electron chi connectivity index (χ0n) is 2.90. The molecule has 0 atom stereocenters. The summed E-state index contributed by atoms with van der Waals surface area (Å²) in [6, 6.07) is 0. The molecule has 0 aromatic rings. The van der Waals surface area contributed by atoms with E-state index in [0.29, 0.717) is 0 Å². The maximum atomic E-state index is 9.58. The summed E-state index contributed by atoms with van der Waals surface area (Å²) in [6.45, 7) is 6.15. The van der Waals surface area contributed by atoms with Crippen molar-refractivity contribution in [2.75, 3.05) is 0 Å². The predicted molar refractivity (Wildman–Crippen MR) is 34.9 cm³/mol. The summed E-state index contributed by atoms with van der Waals surface area (Å²) in [6.07, 6.45) is 1.17. The van der Waals surface area contributed by atoms with E-state index in [-0.39, 0.29) is 64.9 Å². The second-order valence-electron chi connectivity index (χ2n) is 0.670. The van der Waals surface area contributed by atoms with E-state index in [4.69, 9.17) is 0 Å². The van der Waals surface area contributed by atoms with Gasteiger partial charge in [-0.15, -0.1) is 0 Å². The zero-order chi connectivity index (χ0) is 4.28. The van der Waals surface area contributed by atoms with E-state index < -0.39 is 0 Å². The van der Waals surface area contributed by atoms with Gasteiger partial charge in [-0.05, 0) is 6.08 Å². The first-order valence-electron chi connectivity index (χ1n) is 1.25. The molecule has 0 saturated heterocycles. The van der Waals surface area contributed by atoms with Gasteiger partial charge in [0.05, 0.1) is 0 Å². The number of carbonyl (C=O) groups excluding carboxylic acids is 1. The van der Waals surface area contributed by atoms with Crippen molar-refractivity contribution in [3.05, 3.63) is 19.6 Å². The first kappa shape index (κ1) is 15.8. The van der Waals surface area contributed by atoms with E-state index in [2.05, 4.69) is 13.5 Å². The third kappa shape index (κ3) is 18.7. The van der Waals surface area contributed by atoms with Gasteiger partial charge in [-0.3, -0.25) is 4.79 Å². The Bertz CT molecular complexity index is 60.7. The molecule has 1 nitrogen and oxygen atoms in total. The van der Waals surface area contributed by atoms with Crippen molar-refractivity contribution in [1.29, 1.82) is 0 Å². The fourth-order valence-electron chi connectivity index (χ4n) is 0. The first-order chi connectivity index (χ1) is 2.27. The van der Waals surface area contributed by atoms with Crippen molar-refractivity contribution in [3.8, 4) is 0 Å². The second-order valence-corrected chi connectivity index (χ2v) is 0.670. The van der Waals surface area contributed by atoms with E-state index in [1.165, 1.54) is 6.08 Å². The van der Waals surface area contributed by atoms with Crippen molar-refractivity contribution < 1.29 is 4.79 Å². The fourth-order valence-corrected chi connectivity index (χ4v) is 0. The van der Waals surface area contributed by atoms with Crippen molar-refractivity contribution in [2.45, 2.75) is 0 Å². The average molecular weight is 117 g/mol. The monoisotopic (exact) mass is 117 g/mol. The van der Waals surface area contributed by atoms with Gasteiger partial charge in [-0.1, -0.05) is 6.58 Å². The van der Waals surface area contributed by atoms with Crippen LogP contribution in [0, 0.1) is 6.92 Å². The van der Waals surface area contributed by atoms with Crippen molar-refractivity contribution in [2.24, 2.45) is 0 Å². The van der Waals surface area contributed by atoms with Crippen LogP contribution in [0.25, 0.3) is 0 Å². The predicted octanol–water partition coefficient (Wildman–Crippen LogP) is -0.721. The topological polar surface area (TPSA) is 17.1 Å². The summed E-state index contributed by atoms with van der Waals surface area (Å²) in [5.41, 5.74) is 0. The fraction of sp³-hybridized carbons (Fsp3) is 0. The zero-order valence-corrected chi connectivity index (χ0v) is 2.90. The molecule has 0 saturated carbocycles. The minimum atomic E-state index is -0.231. The van der Waals surface area contributed by atoms with Crippen LogP contribution in [0.2, 0.25) is 0 Å². The van der Waals surface area contributed by atoms with Gasteiger partial charge in [0.15, 0.2) is 5.78 Å². The Morgan fingerprint density at radius 3 is 1.57 bits per heavy atom. The minimum absolute atomic E-state index is 0. The first-order valence-corrected chi connectivity index (χ1v) is 1.25. The van der Waals surface area contributed by atoms with Gasteiger partial charge >= 0.3 is 59.1 Å². The summed E-state index contributed by atoms with van der Waals surface area (Å²) < 4.78 is 0. The van der Waals surface area contributed by atoms with E-state index in [1.54, 1.807) is 0 Å². The van der Waals surface area contributed by atoms with Gasteiger partial charge in [-0.2, -0.15) is 0 Å². The normalized spacial score (nSPS) is 4.71.